The minimum atomic E-state index is -0.547. The van der Waals surface area contributed by atoms with Gasteiger partial charge in [0, 0.05) is 6.42 Å². The number of aryl methyl sites for hydroxylation is 1. The molecule has 0 aromatic heterocycles. The second kappa shape index (κ2) is 15.0. The summed E-state index contributed by atoms with van der Waals surface area (Å²) < 4.78 is 11.5. The maximum atomic E-state index is 12.7. The Bertz CT molecular complexity index is 1060. The maximum absolute atomic E-state index is 12.7. The molecule has 0 saturated heterocycles. The van der Waals surface area contributed by atoms with Crippen molar-refractivity contribution >= 4 is 6.16 Å². The van der Waals surface area contributed by atoms with E-state index in [0.29, 0.717) is 11.2 Å². The van der Waals surface area contributed by atoms with E-state index in [1.165, 1.54) is 108 Å². The third kappa shape index (κ3) is 7.55. The van der Waals surface area contributed by atoms with Gasteiger partial charge in [0.25, 0.3) is 0 Å². The predicted molar refractivity (Wildman–Crippen MR) is 178 cm³/mol. The van der Waals surface area contributed by atoms with Crippen molar-refractivity contribution in [2.24, 2.45) is 34.5 Å². The van der Waals surface area contributed by atoms with Gasteiger partial charge >= 0.3 is 6.16 Å². The summed E-state index contributed by atoms with van der Waals surface area (Å²) >= 11 is 0. The smallest absolute Gasteiger partial charge is 0.430 e. The van der Waals surface area contributed by atoms with Crippen LogP contribution in [0.1, 0.15) is 155 Å². The lowest BCUT2D eigenvalue weighted by atomic mass is 9.47. The number of allylic oxidation sites excluding steroid dienone is 1. The van der Waals surface area contributed by atoms with Gasteiger partial charge in [-0.05, 0) is 116 Å². The first-order valence-electron chi connectivity index (χ1n) is 18.5. The summed E-state index contributed by atoms with van der Waals surface area (Å²) in [5.74, 6) is 4.07. The number of carbonyl (C=O) groups excluding carboxylic acids is 1. The predicted octanol–water partition coefficient (Wildman–Crippen LogP) is 12.0. The zero-order valence-electron chi connectivity index (χ0n) is 28.1. The molecule has 240 valence electrons. The topological polar surface area (TPSA) is 35.5 Å². The summed E-state index contributed by atoms with van der Waals surface area (Å²) in [6.07, 6.45) is 28.0. The van der Waals surface area contributed by atoms with E-state index < -0.39 is 6.16 Å². The maximum Gasteiger partial charge on any atom is 0.514 e. The Hall–Kier alpha value is -1.77. The number of unbranched alkanes of at least 4 members (excludes halogenated alkanes) is 8. The van der Waals surface area contributed by atoms with Crippen LogP contribution in [-0.2, 0) is 11.2 Å². The van der Waals surface area contributed by atoms with Crippen LogP contribution in [0.5, 0.6) is 5.75 Å². The monoisotopic (exact) mass is 590 g/mol. The molecule has 0 spiro atoms. The van der Waals surface area contributed by atoms with E-state index in [1.807, 2.05) is 12.1 Å². The molecule has 7 atom stereocenters. The van der Waals surface area contributed by atoms with Crippen LogP contribution in [0.25, 0.3) is 0 Å². The van der Waals surface area contributed by atoms with Crippen LogP contribution >= 0.6 is 0 Å². The molecule has 4 aliphatic rings. The van der Waals surface area contributed by atoms with Crippen molar-refractivity contribution in [2.75, 3.05) is 0 Å². The van der Waals surface area contributed by atoms with Gasteiger partial charge in [0.2, 0.25) is 0 Å². The number of fused-ring (bicyclic) bond motifs is 5. The zero-order chi connectivity index (χ0) is 30.3. The third-order valence-electron chi connectivity index (χ3n) is 12.9. The standard InChI is InChI=1S/C40H62O3/c1-5-7-9-11-12-14-16-31-20-24-36-35-23-19-32-29-34(25-27-40(32,4)37(35)26-28-39(31,36)3)43-38(41)42-33-21-17-30(18-22-33)15-13-10-8-6-2/h17-19,21-22,31,34-37H,5-16,20,23-29H2,1-4H3/t31-,34+,35+,36-,37-,39-,40+/m1/s1. The van der Waals surface area contributed by atoms with Gasteiger partial charge in [0.05, 0.1) is 0 Å². The highest BCUT2D eigenvalue weighted by Gasteiger charge is 2.58. The highest BCUT2D eigenvalue weighted by Crippen LogP contribution is 2.66. The van der Waals surface area contributed by atoms with E-state index in [-0.39, 0.29) is 11.5 Å². The molecule has 0 radical (unpaired) electrons. The number of hydrogen-bond acceptors (Lipinski definition) is 3. The summed E-state index contributed by atoms with van der Waals surface area (Å²) in [4.78, 5) is 12.7. The molecule has 3 heteroatoms. The fourth-order valence-electron chi connectivity index (χ4n) is 10.2. The van der Waals surface area contributed by atoms with E-state index in [0.717, 1.165) is 49.4 Å². The summed E-state index contributed by atoms with van der Waals surface area (Å²) in [7, 11) is 0. The molecule has 1 aromatic carbocycles. The molecule has 4 aliphatic carbocycles. The lowest BCUT2D eigenvalue weighted by molar-refractivity contribution is -0.0538. The Morgan fingerprint density at radius 2 is 1.53 bits per heavy atom. The van der Waals surface area contributed by atoms with Crippen LogP contribution in [0.3, 0.4) is 0 Å². The van der Waals surface area contributed by atoms with E-state index in [4.69, 9.17) is 9.47 Å². The number of carbonyl (C=O) groups is 1. The third-order valence-corrected chi connectivity index (χ3v) is 12.9. The minimum Gasteiger partial charge on any atom is -0.430 e. The molecule has 0 N–H and O–H groups in total. The molecule has 43 heavy (non-hydrogen) atoms. The van der Waals surface area contributed by atoms with Crippen molar-refractivity contribution < 1.29 is 14.3 Å². The Labute approximate surface area is 264 Å². The van der Waals surface area contributed by atoms with E-state index in [1.54, 1.807) is 5.57 Å². The van der Waals surface area contributed by atoms with Gasteiger partial charge in [0.1, 0.15) is 11.9 Å². The second-order valence-corrected chi connectivity index (χ2v) is 15.4. The Kier molecular flexibility index (Phi) is 11.4. The fourth-order valence-corrected chi connectivity index (χ4v) is 10.2. The average Bonchev–Trinajstić information content (AvgIpc) is 3.34. The first kappa shape index (κ1) is 32.6. The molecule has 0 amide bonds. The molecule has 3 nitrogen and oxygen atoms in total. The molecule has 0 aliphatic heterocycles. The molecular formula is C40H62O3. The quantitative estimate of drug-likeness (QED) is 0.0935. The second-order valence-electron chi connectivity index (χ2n) is 15.4. The van der Waals surface area contributed by atoms with Crippen molar-refractivity contribution in [2.45, 2.75) is 162 Å². The lowest BCUT2D eigenvalue weighted by Gasteiger charge is -2.58. The van der Waals surface area contributed by atoms with Crippen LogP contribution in [0.4, 0.5) is 4.79 Å². The van der Waals surface area contributed by atoms with Crippen molar-refractivity contribution in [3.05, 3.63) is 41.5 Å². The van der Waals surface area contributed by atoms with Gasteiger partial charge in [-0.3, -0.25) is 0 Å². The zero-order valence-corrected chi connectivity index (χ0v) is 28.1. The van der Waals surface area contributed by atoms with Gasteiger partial charge in [-0.15, -0.1) is 0 Å². The van der Waals surface area contributed by atoms with Crippen LogP contribution in [0, 0.1) is 34.5 Å². The molecule has 3 fully saturated rings. The van der Waals surface area contributed by atoms with E-state index in [9.17, 15) is 4.79 Å². The summed E-state index contributed by atoms with van der Waals surface area (Å²) in [5.41, 5.74) is 3.71. The molecule has 0 heterocycles. The normalized spacial score (nSPS) is 33.2. The SMILES string of the molecule is CCCCCCCC[C@@H]1CC[C@@H]2[C@@H]3CC=C4C[C@@H](OC(=O)Oc5ccc(CCCCCC)cc5)CC[C@]4(C)[C@@H]3CC[C@]12C. The molecule has 5 rings (SSSR count). The molecule has 0 bridgehead atoms. The molecule has 3 saturated carbocycles. The van der Waals surface area contributed by atoms with Crippen molar-refractivity contribution in [3.63, 3.8) is 0 Å². The Morgan fingerprint density at radius 3 is 2.30 bits per heavy atom. The lowest BCUT2D eigenvalue weighted by Crippen LogP contribution is -2.50. The largest absolute Gasteiger partial charge is 0.514 e. The summed E-state index contributed by atoms with van der Waals surface area (Å²) in [6.45, 7) is 9.79. The first-order chi connectivity index (χ1) is 20.9. The number of rotatable bonds is 14. The van der Waals surface area contributed by atoms with Crippen LogP contribution in [0.15, 0.2) is 35.9 Å². The number of ether oxygens (including phenoxy) is 2. The summed E-state index contributed by atoms with van der Waals surface area (Å²) in [6, 6.07) is 7.99. The van der Waals surface area contributed by atoms with Crippen molar-refractivity contribution in [1.82, 2.24) is 0 Å². The van der Waals surface area contributed by atoms with Crippen molar-refractivity contribution in [3.8, 4) is 5.75 Å². The Balaban J connectivity index is 1.11. The van der Waals surface area contributed by atoms with Crippen LogP contribution < -0.4 is 4.74 Å². The van der Waals surface area contributed by atoms with Crippen LogP contribution in [-0.4, -0.2) is 12.3 Å². The van der Waals surface area contributed by atoms with Gasteiger partial charge in [-0.25, -0.2) is 4.79 Å². The van der Waals surface area contributed by atoms with Gasteiger partial charge in [-0.2, -0.15) is 0 Å². The molecular weight excluding hydrogens is 528 g/mol. The summed E-state index contributed by atoms with van der Waals surface area (Å²) in [5, 5.41) is 0. The van der Waals surface area contributed by atoms with Gasteiger partial charge < -0.3 is 9.47 Å². The van der Waals surface area contributed by atoms with E-state index in [2.05, 4.69) is 45.9 Å². The first-order valence-corrected chi connectivity index (χ1v) is 18.5. The minimum absolute atomic E-state index is 0.0664. The van der Waals surface area contributed by atoms with Gasteiger partial charge in [0.15, 0.2) is 0 Å². The fraction of sp³-hybridized carbons (Fsp3) is 0.775. The Morgan fingerprint density at radius 1 is 0.814 bits per heavy atom. The van der Waals surface area contributed by atoms with Crippen LogP contribution in [0.2, 0.25) is 0 Å². The molecule has 0 unspecified atom stereocenters. The highest BCUT2D eigenvalue weighted by atomic mass is 16.7. The number of benzene rings is 1. The van der Waals surface area contributed by atoms with Crippen molar-refractivity contribution in [1.29, 1.82) is 0 Å². The molecule has 1 aromatic rings. The number of hydrogen-bond donors (Lipinski definition) is 0. The highest BCUT2D eigenvalue weighted by molar-refractivity contribution is 5.64. The van der Waals surface area contributed by atoms with Gasteiger partial charge in [-0.1, -0.05) is 109 Å². The van der Waals surface area contributed by atoms with E-state index >= 15 is 0 Å². The average molecular weight is 591 g/mol.